The summed E-state index contributed by atoms with van der Waals surface area (Å²) in [6, 6.07) is 0. The largest absolute Gasteiger partial charge is 0.396 e. The molecule has 4 fully saturated rings. The topological polar surface area (TPSA) is 121 Å². The normalized spacial score (nSPS) is 55.2. The molecule has 0 aromatic heterocycles. The molecule has 0 spiro atoms. The van der Waals surface area contributed by atoms with Gasteiger partial charge in [-0.3, -0.25) is 0 Å². The van der Waals surface area contributed by atoms with Gasteiger partial charge in [-0.05, 0) is 66.6 Å². The molecule has 13 atom stereocenters. The number of hydrogen-bond donors (Lipinski definition) is 6. The summed E-state index contributed by atoms with van der Waals surface area (Å²) in [7, 11) is 0. The molecule has 0 amide bonds. The van der Waals surface area contributed by atoms with E-state index in [2.05, 4.69) is 26.8 Å². The smallest absolute Gasteiger partial charge is 0.0857 e. The Labute approximate surface area is 192 Å². The summed E-state index contributed by atoms with van der Waals surface area (Å²) in [5.41, 5.74) is -1.94. The summed E-state index contributed by atoms with van der Waals surface area (Å²) >= 11 is 0. The fraction of sp³-hybridized carbons (Fsp3) is 0.923. The molecule has 0 aliphatic heterocycles. The van der Waals surface area contributed by atoms with Gasteiger partial charge < -0.3 is 30.6 Å². The van der Waals surface area contributed by atoms with Crippen molar-refractivity contribution in [2.45, 2.75) is 96.2 Å². The SMILES string of the molecule is C[C@H](/C=C/[C@@H](C)[C@H]1C[C@@H](O)[C@@H]2[C@]1(C)CC[C@@H]1[C@@]3(C)CC[C@H](O)[C@H](O)[C@@H]3[C@@H](O)C[C@]12O)CO. The van der Waals surface area contributed by atoms with Gasteiger partial charge in [0.1, 0.15) is 0 Å². The van der Waals surface area contributed by atoms with Crippen molar-refractivity contribution in [3.05, 3.63) is 12.2 Å². The Morgan fingerprint density at radius 3 is 2.22 bits per heavy atom. The zero-order valence-electron chi connectivity index (χ0n) is 20.1. The number of fused-ring (bicyclic) bond motifs is 5. The number of allylic oxidation sites excluding steroid dienone is 1. The predicted octanol–water partition coefficient (Wildman–Crippen LogP) is 1.85. The molecule has 0 aromatic rings. The van der Waals surface area contributed by atoms with Gasteiger partial charge in [0.2, 0.25) is 0 Å². The van der Waals surface area contributed by atoms with Crippen molar-refractivity contribution < 1.29 is 30.6 Å². The second-order valence-corrected chi connectivity index (χ2v) is 12.3. The van der Waals surface area contributed by atoms with E-state index in [1.54, 1.807) is 0 Å². The van der Waals surface area contributed by atoms with Crippen molar-refractivity contribution in [2.24, 2.45) is 46.3 Å². The molecule has 184 valence electrons. The van der Waals surface area contributed by atoms with Crippen LogP contribution in [-0.2, 0) is 0 Å². The fourth-order valence-corrected chi connectivity index (χ4v) is 9.01. The van der Waals surface area contributed by atoms with Gasteiger partial charge in [0, 0.05) is 24.9 Å². The first-order chi connectivity index (χ1) is 14.9. The van der Waals surface area contributed by atoms with E-state index in [4.69, 9.17) is 0 Å². The van der Waals surface area contributed by atoms with E-state index in [1.807, 2.05) is 13.0 Å². The van der Waals surface area contributed by atoms with E-state index >= 15 is 0 Å². The first-order valence-electron chi connectivity index (χ1n) is 12.6. The minimum Gasteiger partial charge on any atom is -0.396 e. The maximum absolute atomic E-state index is 12.3. The Morgan fingerprint density at radius 2 is 1.56 bits per heavy atom. The van der Waals surface area contributed by atoms with Crippen LogP contribution in [0.25, 0.3) is 0 Å². The van der Waals surface area contributed by atoms with Crippen LogP contribution < -0.4 is 0 Å². The molecule has 0 aromatic carbocycles. The van der Waals surface area contributed by atoms with Crippen molar-refractivity contribution in [1.82, 2.24) is 0 Å². The van der Waals surface area contributed by atoms with Crippen LogP contribution in [0.4, 0.5) is 0 Å². The summed E-state index contributed by atoms with van der Waals surface area (Å²) in [6.45, 7) is 8.51. The average Bonchev–Trinajstić information content (AvgIpc) is 3.00. The first-order valence-corrected chi connectivity index (χ1v) is 12.6. The highest BCUT2D eigenvalue weighted by Gasteiger charge is 2.71. The molecule has 32 heavy (non-hydrogen) atoms. The molecule has 4 rings (SSSR count). The lowest BCUT2D eigenvalue weighted by Gasteiger charge is -2.66. The van der Waals surface area contributed by atoms with E-state index in [9.17, 15) is 30.6 Å². The van der Waals surface area contributed by atoms with Gasteiger partial charge in [-0.2, -0.15) is 0 Å². The lowest BCUT2D eigenvalue weighted by Crippen LogP contribution is -2.70. The number of hydrogen-bond acceptors (Lipinski definition) is 6. The van der Waals surface area contributed by atoms with Crippen molar-refractivity contribution in [3.63, 3.8) is 0 Å². The highest BCUT2D eigenvalue weighted by Crippen LogP contribution is 2.69. The third kappa shape index (κ3) is 3.44. The van der Waals surface area contributed by atoms with Gasteiger partial charge in [0.25, 0.3) is 0 Å². The summed E-state index contributed by atoms with van der Waals surface area (Å²) in [5, 5.41) is 65.1. The van der Waals surface area contributed by atoms with Gasteiger partial charge in [-0.1, -0.05) is 39.8 Å². The third-order valence-electron chi connectivity index (χ3n) is 10.5. The molecule has 4 aliphatic rings. The van der Waals surface area contributed by atoms with Gasteiger partial charge >= 0.3 is 0 Å². The summed E-state index contributed by atoms with van der Waals surface area (Å²) < 4.78 is 0. The second-order valence-electron chi connectivity index (χ2n) is 12.3. The van der Waals surface area contributed by atoms with Gasteiger partial charge in [0.15, 0.2) is 0 Å². The van der Waals surface area contributed by atoms with E-state index in [-0.39, 0.29) is 48.0 Å². The monoisotopic (exact) mass is 452 g/mol. The molecule has 4 saturated carbocycles. The number of aliphatic hydroxyl groups excluding tert-OH is 5. The van der Waals surface area contributed by atoms with Crippen LogP contribution in [0.3, 0.4) is 0 Å². The highest BCUT2D eigenvalue weighted by molar-refractivity contribution is 5.21. The predicted molar refractivity (Wildman–Crippen MR) is 121 cm³/mol. The van der Waals surface area contributed by atoms with Crippen molar-refractivity contribution >= 4 is 0 Å². The molecule has 0 unspecified atom stereocenters. The lowest BCUT2D eigenvalue weighted by atomic mass is 9.41. The quantitative estimate of drug-likeness (QED) is 0.362. The van der Waals surface area contributed by atoms with Crippen molar-refractivity contribution in [3.8, 4) is 0 Å². The van der Waals surface area contributed by atoms with E-state index in [0.29, 0.717) is 19.3 Å². The Morgan fingerprint density at radius 1 is 0.906 bits per heavy atom. The highest BCUT2D eigenvalue weighted by atomic mass is 16.3. The number of aliphatic hydroxyl groups is 6. The zero-order valence-corrected chi connectivity index (χ0v) is 20.1. The van der Waals surface area contributed by atoms with Crippen LogP contribution in [0.1, 0.15) is 66.2 Å². The minimum absolute atomic E-state index is 0.0887. The molecular formula is C26H44O6. The van der Waals surface area contributed by atoms with Crippen LogP contribution in [0, 0.1) is 46.3 Å². The molecule has 0 saturated heterocycles. The van der Waals surface area contributed by atoms with Gasteiger partial charge in [-0.15, -0.1) is 0 Å². The molecule has 6 N–H and O–H groups in total. The molecule has 6 heteroatoms. The Balaban J connectivity index is 1.67. The average molecular weight is 453 g/mol. The second kappa shape index (κ2) is 8.31. The maximum Gasteiger partial charge on any atom is 0.0857 e. The van der Waals surface area contributed by atoms with Gasteiger partial charge in [-0.25, -0.2) is 0 Å². The molecular weight excluding hydrogens is 408 g/mol. The molecule has 6 nitrogen and oxygen atoms in total. The minimum atomic E-state index is -1.20. The molecule has 0 heterocycles. The lowest BCUT2D eigenvalue weighted by molar-refractivity contribution is -0.280. The zero-order chi connectivity index (χ0) is 23.6. The maximum atomic E-state index is 12.3. The number of rotatable bonds is 4. The Bertz CT molecular complexity index is 727. The summed E-state index contributed by atoms with van der Waals surface area (Å²) in [5.74, 6) is -0.422. The Kier molecular flexibility index (Phi) is 6.40. The van der Waals surface area contributed by atoms with E-state index in [0.717, 1.165) is 12.8 Å². The summed E-state index contributed by atoms with van der Waals surface area (Å²) in [4.78, 5) is 0. The van der Waals surface area contributed by atoms with Gasteiger partial charge in [0.05, 0.1) is 30.0 Å². The standard InChI is InChI=1S/C26H44O6/c1-14(13-27)5-6-15(2)16-11-18(29)23-24(16,3)10-8-20-25(4)9-7-17(28)22(31)21(25)19(30)12-26(20,23)32/h5-6,14-23,27-32H,7-13H2,1-4H3/b6-5+/t14-,15-,16-,17+,18-,19+,20-,21+,22+,23-,24-,25-,26+/m1/s1. The molecule has 0 bridgehead atoms. The Hall–Kier alpha value is -0.500. The van der Waals surface area contributed by atoms with Crippen LogP contribution >= 0.6 is 0 Å². The third-order valence-corrected chi connectivity index (χ3v) is 10.5. The van der Waals surface area contributed by atoms with Crippen LogP contribution in [0.2, 0.25) is 0 Å². The molecule has 0 radical (unpaired) electrons. The van der Waals surface area contributed by atoms with E-state index < -0.39 is 41.3 Å². The van der Waals surface area contributed by atoms with Crippen molar-refractivity contribution in [2.75, 3.05) is 6.61 Å². The fourth-order valence-electron chi connectivity index (χ4n) is 9.01. The summed E-state index contributed by atoms with van der Waals surface area (Å²) in [6.07, 6.45) is 4.36. The first kappa shape index (κ1) is 24.6. The van der Waals surface area contributed by atoms with Crippen LogP contribution in [0.5, 0.6) is 0 Å². The molecule has 4 aliphatic carbocycles. The van der Waals surface area contributed by atoms with Crippen LogP contribution in [-0.4, -0.2) is 67.3 Å². The van der Waals surface area contributed by atoms with Crippen molar-refractivity contribution in [1.29, 1.82) is 0 Å². The van der Waals surface area contributed by atoms with Crippen LogP contribution in [0.15, 0.2) is 12.2 Å². The van der Waals surface area contributed by atoms with E-state index in [1.165, 1.54) is 0 Å².